The lowest BCUT2D eigenvalue weighted by Gasteiger charge is -2.23. The first-order valence-electron chi connectivity index (χ1n) is 7.91. The first-order chi connectivity index (χ1) is 10.1. The zero-order chi connectivity index (χ0) is 15.1. The minimum absolute atomic E-state index is 0.181. The van der Waals surface area contributed by atoms with Gasteiger partial charge in [0.1, 0.15) is 5.75 Å². The highest BCUT2D eigenvalue weighted by atomic mass is 16.3. The van der Waals surface area contributed by atoms with Crippen molar-refractivity contribution in [2.24, 2.45) is 5.92 Å². The van der Waals surface area contributed by atoms with Gasteiger partial charge >= 0.3 is 0 Å². The molecule has 1 fully saturated rings. The molecule has 1 heterocycles. The number of rotatable bonds is 6. The number of hydrogen-bond donors (Lipinski definition) is 3. The van der Waals surface area contributed by atoms with Gasteiger partial charge in [-0.25, -0.2) is 0 Å². The maximum Gasteiger partial charge on any atom is 0.220 e. The van der Waals surface area contributed by atoms with E-state index < -0.39 is 0 Å². The molecule has 4 nitrogen and oxygen atoms in total. The van der Waals surface area contributed by atoms with Crippen molar-refractivity contribution in [1.29, 1.82) is 0 Å². The highest BCUT2D eigenvalue weighted by Gasteiger charge is 2.17. The molecule has 21 heavy (non-hydrogen) atoms. The van der Waals surface area contributed by atoms with Gasteiger partial charge in [0.15, 0.2) is 0 Å². The minimum Gasteiger partial charge on any atom is -0.508 e. The summed E-state index contributed by atoms with van der Waals surface area (Å²) in [6.07, 6.45) is 4.70. The van der Waals surface area contributed by atoms with E-state index in [2.05, 4.69) is 17.6 Å². The smallest absolute Gasteiger partial charge is 0.220 e. The first kappa shape index (κ1) is 15.8. The summed E-state index contributed by atoms with van der Waals surface area (Å²) in [5.41, 5.74) is 1.19. The van der Waals surface area contributed by atoms with Crippen molar-refractivity contribution in [1.82, 2.24) is 10.6 Å². The molecule has 2 rings (SSSR count). The van der Waals surface area contributed by atoms with Gasteiger partial charge in [-0.1, -0.05) is 12.1 Å². The zero-order valence-corrected chi connectivity index (χ0v) is 12.8. The molecule has 1 aliphatic rings. The number of hydrogen-bond acceptors (Lipinski definition) is 3. The van der Waals surface area contributed by atoms with E-state index in [1.54, 1.807) is 12.1 Å². The quantitative estimate of drug-likeness (QED) is 0.753. The van der Waals surface area contributed by atoms with Crippen molar-refractivity contribution in [3.63, 3.8) is 0 Å². The fraction of sp³-hybridized carbons (Fsp3) is 0.588. The number of aryl methyl sites for hydroxylation is 1. The molecular formula is C17H26N2O2. The van der Waals surface area contributed by atoms with Gasteiger partial charge in [0.2, 0.25) is 5.91 Å². The van der Waals surface area contributed by atoms with Crippen LogP contribution in [0.5, 0.6) is 5.75 Å². The maximum absolute atomic E-state index is 12.0. The van der Waals surface area contributed by atoms with Crippen LogP contribution in [0.4, 0.5) is 0 Å². The third kappa shape index (κ3) is 5.76. The molecule has 1 amide bonds. The monoisotopic (exact) mass is 290 g/mol. The number of aromatic hydroxyl groups is 1. The van der Waals surface area contributed by atoms with Crippen molar-refractivity contribution < 1.29 is 9.90 Å². The number of benzene rings is 1. The molecule has 0 bridgehead atoms. The van der Waals surface area contributed by atoms with E-state index in [1.807, 2.05) is 12.1 Å². The summed E-state index contributed by atoms with van der Waals surface area (Å²) >= 11 is 0. The van der Waals surface area contributed by atoms with Crippen LogP contribution in [0.15, 0.2) is 24.3 Å². The molecule has 1 aromatic carbocycles. The molecule has 116 valence electrons. The van der Waals surface area contributed by atoms with Crippen molar-refractivity contribution in [3.8, 4) is 5.75 Å². The second kappa shape index (κ2) is 8.03. The molecule has 1 aromatic rings. The van der Waals surface area contributed by atoms with Crippen molar-refractivity contribution in [3.05, 3.63) is 29.8 Å². The Labute approximate surface area is 126 Å². The van der Waals surface area contributed by atoms with Gasteiger partial charge in [-0.2, -0.15) is 0 Å². The van der Waals surface area contributed by atoms with Crippen LogP contribution in [0.25, 0.3) is 0 Å². The Morgan fingerprint density at radius 3 is 2.67 bits per heavy atom. The molecule has 1 unspecified atom stereocenters. The number of nitrogens with one attached hydrogen (secondary N) is 2. The van der Waals surface area contributed by atoms with Crippen LogP contribution in [0.2, 0.25) is 0 Å². The molecule has 1 atom stereocenters. The summed E-state index contributed by atoms with van der Waals surface area (Å²) in [7, 11) is 0. The summed E-state index contributed by atoms with van der Waals surface area (Å²) in [5.74, 6) is 1.01. The third-order valence-corrected chi connectivity index (χ3v) is 4.14. The fourth-order valence-electron chi connectivity index (χ4n) is 2.80. The second-order valence-electron chi connectivity index (χ2n) is 6.07. The Morgan fingerprint density at radius 2 is 2.00 bits per heavy atom. The molecule has 4 heteroatoms. The Balaban J connectivity index is 1.67. The van der Waals surface area contributed by atoms with Crippen LogP contribution in [0, 0.1) is 5.92 Å². The summed E-state index contributed by atoms with van der Waals surface area (Å²) in [5, 5.41) is 15.7. The molecular weight excluding hydrogens is 264 g/mol. The van der Waals surface area contributed by atoms with Crippen LogP contribution >= 0.6 is 0 Å². The lowest BCUT2D eigenvalue weighted by molar-refractivity contribution is -0.122. The van der Waals surface area contributed by atoms with E-state index in [0.717, 1.165) is 38.8 Å². The van der Waals surface area contributed by atoms with E-state index in [4.69, 9.17) is 0 Å². The highest BCUT2D eigenvalue weighted by Crippen LogP contribution is 2.16. The van der Waals surface area contributed by atoms with Crippen LogP contribution in [-0.2, 0) is 11.2 Å². The van der Waals surface area contributed by atoms with Crippen LogP contribution in [0.1, 0.15) is 38.2 Å². The Morgan fingerprint density at radius 1 is 1.33 bits per heavy atom. The predicted octanol–water partition coefficient (Wildman–Crippen LogP) is 2.22. The van der Waals surface area contributed by atoms with Crippen molar-refractivity contribution in [2.75, 3.05) is 13.1 Å². The number of phenols is 1. The first-order valence-corrected chi connectivity index (χ1v) is 7.91. The number of amides is 1. The van der Waals surface area contributed by atoms with Gasteiger partial charge in [-0.05, 0) is 69.3 Å². The van der Waals surface area contributed by atoms with Gasteiger partial charge in [0, 0.05) is 12.5 Å². The molecule has 1 aliphatic heterocycles. The average molecular weight is 290 g/mol. The molecule has 0 radical (unpaired) electrons. The molecule has 0 saturated carbocycles. The third-order valence-electron chi connectivity index (χ3n) is 4.14. The number of piperidine rings is 1. The van der Waals surface area contributed by atoms with E-state index in [-0.39, 0.29) is 11.9 Å². The molecule has 3 N–H and O–H groups in total. The average Bonchev–Trinajstić information content (AvgIpc) is 2.47. The number of phenolic OH excluding ortho intramolecular Hbond substituents is 1. The van der Waals surface area contributed by atoms with Crippen molar-refractivity contribution in [2.45, 2.75) is 45.1 Å². The SMILES string of the molecule is CC(CCc1ccc(O)cc1)NC(=O)CC1CCNCC1. The lowest BCUT2D eigenvalue weighted by atomic mass is 9.94. The summed E-state index contributed by atoms with van der Waals surface area (Å²) in [6.45, 7) is 4.13. The summed E-state index contributed by atoms with van der Waals surface area (Å²) < 4.78 is 0. The maximum atomic E-state index is 12.0. The topological polar surface area (TPSA) is 61.4 Å². The van der Waals surface area contributed by atoms with Gasteiger partial charge in [0.05, 0.1) is 0 Å². The summed E-state index contributed by atoms with van der Waals surface area (Å²) in [6, 6.07) is 7.46. The highest BCUT2D eigenvalue weighted by molar-refractivity contribution is 5.76. The minimum atomic E-state index is 0.181. The molecule has 0 aromatic heterocycles. The predicted molar refractivity (Wildman–Crippen MR) is 84.2 cm³/mol. The lowest BCUT2D eigenvalue weighted by Crippen LogP contribution is -2.36. The van der Waals surface area contributed by atoms with Crippen LogP contribution in [0.3, 0.4) is 0 Å². The zero-order valence-electron chi connectivity index (χ0n) is 12.8. The van der Waals surface area contributed by atoms with Crippen LogP contribution in [-0.4, -0.2) is 30.1 Å². The van der Waals surface area contributed by atoms with Gasteiger partial charge < -0.3 is 15.7 Å². The largest absolute Gasteiger partial charge is 0.508 e. The van der Waals surface area contributed by atoms with Gasteiger partial charge in [-0.3, -0.25) is 4.79 Å². The molecule has 0 aliphatic carbocycles. The van der Waals surface area contributed by atoms with E-state index in [0.29, 0.717) is 18.1 Å². The van der Waals surface area contributed by atoms with Gasteiger partial charge in [-0.15, -0.1) is 0 Å². The second-order valence-corrected chi connectivity index (χ2v) is 6.07. The normalized spacial score (nSPS) is 17.4. The number of carbonyl (C=O) groups excluding carboxylic acids is 1. The standard InChI is InChI=1S/C17H26N2O2/c1-13(2-3-14-4-6-16(20)7-5-14)19-17(21)12-15-8-10-18-11-9-15/h4-7,13,15,18,20H,2-3,8-12H2,1H3,(H,19,21). The Kier molecular flexibility index (Phi) is 6.05. The van der Waals surface area contributed by atoms with Crippen LogP contribution < -0.4 is 10.6 Å². The van der Waals surface area contributed by atoms with E-state index in [9.17, 15) is 9.90 Å². The number of carbonyl (C=O) groups is 1. The molecule has 0 spiro atoms. The Hall–Kier alpha value is -1.55. The summed E-state index contributed by atoms with van der Waals surface area (Å²) in [4.78, 5) is 12.0. The Bertz CT molecular complexity index is 439. The van der Waals surface area contributed by atoms with Gasteiger partial charge in [0.25, 0.3) is 0 Å². The van der Waals surface area contributed by atoms with Crippen molar-refractivity contribution >= 4 is 5.91 Å². The van der Waals surface area contributed by atoms with E-state index >= 15 is 0 Å². The fourth-order valence-corrected chi connectivity index (χ4v) is 2.80. The molecule has 1 saturated heterocycles. The van der Waals surface area contributed by atoms with E-state index in [1.165, 1.54) is 5.56 Å².